The molecule has 0 aliphatic carbocycles. The number of hydrogen-bond acceptors (Lipinski definition) is 5. The maximum absolute atomic E-state index is 13.0. The lowest BCUT2D eigenvalue weighted by molar-refractivity contribution is -0.121. The molecule has 0 spiro atoms. The second-order valence-corrected chi connectivity index (χ2v) is 7.38. The Morgan fingerprint density at radius 1 is 1.09 bits per heavy atom. The van der Waals surface area contributed by atoms with E-state index in [-0.39, 0.29) is 42.8 Å². The number of amides is 2. The van der Waals surface area contributed by atoms with Crippen molar-refractivity contribution < 1.29 is 23.2 Å². The van der Waals surface area contributed by atoms with Crippen molar-refractivity contribution in [1.29, 1.82) is 0 Å². The lowest BCUT2D eigenvalue weighted by atomic mass is 10.1. The molecule has 3 rings (SSSR count). The predicted molar refractivity (Wildman–Crippen MR) is 117 cm³/mol. The summed E-state index contributed by atoms with van der Waals surface area (Å²) in [5, 5.41) is 6.69. The third kappa shape index (κ3) is 6.49. The maximum atomic E-state index is 13.0. The molecule has 1 heterocycles. The second kappa shape index (κ2) is 11.2. The highest BCUT2D eigenvalue weighted by Gasteiger charge is 2.21. The highest BCUT2D eigenvalue weighted by molar-refractivity contribution is 5.93. The molecule has 0 saturated heterocycles. The number of ether oxygens (including phenoxy) is 1. The summed E-state index contributed by atoms with van der Waals surface area (Å²) in [5.74, 6) is -0.386. The van der Waals surface area contributed by atoms with E-state index < -0.39 is 0 Å². The molecule has 0 radical (unpaired) electrons. The summed E-state index contributed by atoms with van der Waals surface area (Å²) in [6, 6.07) is 15.2. The summed E-state index contributed by atoms with van der Waals surface area (Å²) in [5.41, 5.74) is 2.90. The molecule has 0 aliphatic heterocycles. The van der Waals surface area contributed by atoms with Crippen molar-refractivity contribution in [1.82, 2.24) is 15.4 Å². The Kier molecular flexibility index (Phi) is 8.10. The number of carbonyl (C=O) groups is 2. The lowest BCUT2D eigenvalue weighted by Gasteiger charge is -2.21. The van der Waals surface area contributed by atoms with E-state index in [1.165, 1.54) is 17.0 Å². The van der Waals surface area contributed by atoms with Crippen molar-refractivity contribution in [3.8, 4) is 11.3 Å². The van der Waals surface area contributed by atoms with E-state index >= 15 is 0 Å². The van der Waals surface area contributed by atoms with Gasteiger partial charge in [0.2, 0.25) is 5.91 Å². The molecule has 32 heavy (non-hydrogen) atoms. The number of aromatic nitrogens is 1. The highest BCUT2D eigenvalue weighted by atomic mass is 19.1. The average Bonchev–Trinajstić information content (AvgIpc) is 3.29. The third-order valence-corrected chi connectivity index (χ3v) is 4.93. The highest BCUT2D eigenvalue weighted by Crippen LogP contribution is 2.21. The number of methoxy groups -OCH3 is 1. The van der Waals surface area contributed by atoms with Crippen LogP contribution in [0.1, 0.15) is 28.0 Å². The zero-order valence-corrected chi connectivity index (χ0v) is 18.1. The fourth-order valence-electron chi connectivity index (χ4n) is 3.04. The summed E-state index contributed by atoms with van der Waals surface area (Å²) in [6.07, 6.45) is 0.110. The number of nitrogens with zero attached hydrogens (tertiary/aromatic N) is 2. The summed E-state index contributed by atoms with van der Waals surface area (Å²) in [6.45, 7) is 3.11. The fourth-order valence-corrected chi connectivity index (χ4v) is 3.04. The van der Waals surface area contributed by atoms with Gasteiger partial charge in [0.1, 0.15) is 5.82 Å². The topological polar surface area (TPSA) is 84.7 Å². The van der Waals surface area contributed by atoms with Crippen molar-refractivity contribution in [3.63, 3.8) is 0 Å². The van der Waals surface area contributed by atoms with Crippen LogP contribution in [0.25, 0.3) is 11.3 Å². The molecule has 1 N–H and O–H groups in total. The second-order valence-electron chi connectivity index (χ2n) is 7.38. The smallest absolute Gasteiger partial charge is 0.276 e. The van der Waals surface area contributed by atoms with E-state index in [0.717, 1.165) is 16.7 Å². The number of hydrogen-bond donors (Lipinski definition) is 1. The first-order chi connectivity index (χ1) is 15.5. The van der Waals surface area contributed by atoms with Gasteiger partial charge >= 0.3 is 0 Å². The maximum Gasteiger partial charge on any atom is 0.276 e. The Morgan fingerprint density at radius 2 is 1.81 bits per heavy atom. The molecule has 0 fully saturated rings. The Bertz CT molecular complexity index is 1030. The van der Waals surface area contributed by atoms with E-state index in [4.69, 9.17) is 9.26 Å². The largest absolute Gasteiger partial charge is 0.383 e. The van der Waals surface area contributed by atoms with E-state index in [1.807, 2.05) is 31.2 Å². The van der Waals surface area contributed by atoms with Gasteiger partial charge in [-0.3, -0.25) is 9.59 Å². The normalized spacial score (nSPS) is 10.7. The quantitative estimate of drug-likeness (QED) is 0.522. The minimum Gasteiger partial charge on any atom is -0.383 e. The van der Waals surface area contributed by atoms with E-state index in [1.54, 1.807) is 25.3 Å². The number of halogens is 1. The molecule has 0 aliphatic rings. The molecule has 0 bridgehead atoms. The minimum absolute atomic E-state index is 0.110. The number of rotatable bonds is 10. The van der Waals surface area contributed by atoms with Crippen LogP contribution in [-0.4, -0.2) is 48.7 Å². The van der Waals surface area contributed by atoms with Crippen LogP contribution < -0.4 is 5.32 Å². The Hall–Kier alpha value is -3.52. The number of carbonyl (C=O) groups excluding carboxylic acids is 2. The van der Waals surface area contributed by atoms with E-state index in [0.29, 0.717) is 18.9 Å². The van der Waals surface area contributed by atoms with Crippen LogP contribution in [0.2, 0.25) is 0 Å². The average molecular weight is 439 g/mol. The standard InChI is InChI=1S/C24H26FN3O4/c1-17-3-7-19(8-4-17)22-15-21(27-32-22)24(30)28(13-14-31-2)12-11-23(29)26-16-18-5-9-20(25)10-6-18/h3-10,15H,11-14,16H2,1-2H3,(H,26,29). The van der Waals surface area contributed by atoms with Gasteiger partial charge in [0.05, 0.1) is 6.61 Å². The monoisotopic (exact) mass is 439 g/mol. The van der Waals surface area contributed by atoms with Gasteiger partial charge < -0.3 is 19.5 Å². The van der Waals surface area contributed by atoms with Gasteiger partial charge in [-0.15, -0.1) is 0 Å². The first kappa shape index (κ1) is 23.1. The van der Waals surface area contributed by atoms with Gasteiger partial charge in [0, 0.05) is 44.8 Å². The summed E-state index contributed by atoms with van der Waals surface area (Å²) < 4.78 is 23.4. The van der Waals surface area contributed by atoms with Gasteiger partial charge in [-0.2, -0.15) is 0 Å². The predicted octanol–water partition coefficient (Wildman–Crippen LogP) is 3.58. The molecule has 0 atom stereocenters. The minimum atomic E-state index is -0.338. The molecular weight excluding hydrogens is 413 g/mol. The zero-order valence-electron chi connectivity index (χ0n) is 18.1. The Labute approximate surface area is 186 Å². The van der Waals surface area contributed by atoms with Gasteiger partial charge in [0.25, 0.3) is 5.91 Å². The number of nitrogens with one attached hydrogen (secondary N) is 1. The summed E-state index contributed by atoms with van der Waals surface area (Å²) in [4.78, 5) is 26.7. The molecule has 3 aromatic rings. The molecule has 8 heteroatoms. The first-order valence-corrected chi connectivity index (χ1v) is 10.3. The molecular formula is C24H26FN3O4. The van der Waals surface area contributed by atoms with Crippen LogP contribution in [-0.2, 0) is 16.1 Å². The number of aryl methyl sites for hydroxylation is 1. The molecule has 7 nitrogen and oxygen atoms in total. The molecule has 0 unspecified atom stereocenters. The summed E-state index contributed by atoms with van der Waals surface area (Å²) >= 11 is 0. The van der Waals surface area contributed by atoms with Gasteiger partial charge in [-0.1, -0.05) is 47.1 Å². The van der Waals surface area contributed by atoms with E-state index in [9.17, 15) is 14.0 Å². The molecule has 2 aromatic carbocycles. The van der Waals surface area contributed by atoms with Crippen LogP contribution in [0.5, 0.6) is 0 Å². The van der Waals surface area contributed by atoms with Crippen LogP contribution in [0.15, 0.2) is 59.1 Å². The first-order valence-electron chi connectivity index (χ1n) is 10.3. The van der Waals surface area contributed by atoms with Gasteiger partial charge in [-0.25, -0.2) is 4.39 Å². The Morgan fingerprint density at radius 3 is 2.50 bits per heavy atom. The molecule has 2 amide bonds. The van der Waals surface area contributed by atoms with Crippen molar-refractivity contribution in [2.45, 2.75) is 19.9 Å². The van der Waals surface area contributed by atoms with Crippen molar-refractivity contribution >= 4 is 11.8 Å². The van der Waals surface area contributed by atoms with Crippen LogP contribution in [0.4, 0.5) is 4.39 Å². The third-order valence-electron chi connectivity index (χ3n) is 4.93. The van der Waals surface area contributed by atoms with Crippen molar-refractivity contribution in [3.05, 3.63) is 77.2 Å². The zero-order chi connectivity index (χ0) is 22.9. The van der Waals surface area contributed by atoms with Gasteiger partial charge in [0.15, 0.2) is 11.5 Å². The van der Waals surface area contributed by atoms with Crippen LogP contribution in [0, 0.1) is 12.7 Å². The van der Waals surface area contributed by atoms with E-state index in [2.05, 4.69) is 10.5 Å². The van der Waals surface area contributed by atoms with Crippen molar-refractivity contribution in [2.24, 2.45) is 0 Å². The van der Waals surface area contributed by atoms with Crippen LogP contribution >= 0.6 is 0 Å². The summed E-state index contributed by atoms with van der Waals surface area (Å²) in [7, 11) is 1.55. The fraction of sp³-hybridized carbons (Fsp3) is 0.292. The molecule has 0 saturated carbocycles. The molecule has 168 valence electrons. The van der Waals surface area contributed by atoms with Gasteiger partial charge in [-0.05, 0) is 24.6 Å². The number of benzene rings is 2. The van der Waals surface area contributed by atoms with Crippen LogP contribution in [0.3, 0.4) is 0 Å². The SMILES string of the molecule is COCCN(CCC(=O)NCc1ccc(F)cc1)C(=O)c1cc(-c2ccc(C)cc2)on1. The Balaban J connectivity index is 1.58. The van der Waals surface area contributed by atoms with Crippen molar-refractivity contribution in [2.75, 3.05) is 26.8 Å². The molecule has 1 aromatic heterocycles. The lowest BCUT2D eigenvalue weighted by Crippen LogP contribution is -2.37.